The monoisotopic (exact) mass is 331 g/mol. The van der Waals surface area contributed by atoms with Gasteiger partial charge in [0.2, 0.25) is 11.7 Å². The van der Waals surface area contributed by atoms with Crippen molar-refractivity contribution in [3.63, 3.8) is 0 Å². The van der Waals surface area contributed by atoms with Crippen LogP contribution in [0.2, 0.25) is 0 Å². The van der Waals surface area contributed by atoms with E-state index in [0.717, 1.165) is 10.6 Å². The van der Waals surface area contributed by atoms with Gasteiger partial charge in [-0.25, -0.2) is 0 Å². The fourth-order valence-electron chi connectivity index (χ4n) is 1.78. The molecule has 110 valence electrons. The third-order valence-electron chi connectivity index (χ3n) is 2.76. The van der Waals surface area contributed by atoms with Crippen LogP contribution in [-0.4, -0.2) is 25.3 Å². The number of nitrogens with zero attached hydrogens (tertiary/aromatic N) is 4. The summed E-state index contributed by atoms with van der Waals surface area (Å²) in [5.74, 6) is 2.05. The molecule has 4 aromatic heterocycles. The van der Waals surface area contributed by atoms with Crippen molar-refractivity contribution in [1.82, 2.24) is 25.3 Å². The summed E-state index contributed by atoms with van der Waals surface area (Å²) in [6.45, 7) is 0. The first-order chi connectivity index (χ1) is 10.9. The standard InChI is InChI=1S/C13H9N5O2S2/c1-3-8(14-5-1)12-16-17-13(19-12)22-7-10-15-11(18-20-10)9-4-2-6-21-9/h1-6,14H,7H2. The minimum absolute atomic E-state index is 0.456. The molecule has 9 heteroatoms. The quantitative estimate of drug-likeness (QED) is 0.560. The van der Waals surface area contributed by atoms with Crippen LogP contribution in [0.15, 0.2) is 50.0 Å². The van der Waals surface area contributed by atoms with Gasteiger partial charge in [0.1, 0.15) is 5.69 Å². The highest BCUT2D eigenvalue weighted by molar-refractivity contribution is 7.98. The second kappa shape index (κ2) is 5.78. The normalized spacial score (nSPS) is 11.1. The summed E-state index contributed by atoms with van der Waals surface area (Å²) in [5.41, 5.74) is 0.789. The first kappa shape index (κ1) is 13.3. The molecule has 22 heavy (non-hydrogen) atoms. The van der Waals surface area contributed by atoms with Crippen molar-refractivity contribution in [3.05, 3.63) is 41.7 Å². The van der Waals surface area contributed by atoms with Crippen molar-refractivity contribution < 1.29 is 8.94 Å². The smallest absolute Gasteiger partial charge is 0.277 e. The van der Waals surface area contributed by atoms with Gasteiger partial charge in [0.25, 0.3) is 11.1 Å². The molecular formula is C13H9N5O2S2. The van der Waals surface area contributed by atoms with E-state index in [-0.39, 0.29) is 0 Å². The zero-order valence-electron chi connectivity index (χ0n) is 11.1. The highest BCUT2D eigenvalue weighted by Crippen LogP contribution is 2.26. The van der Waals surface area contributed by atoms with Crippen molar-refractivity contribution >= 4 is 23.1 Å². The molecule has 7 nitrogen and oxygen atoms in total. The summed E-state index contributed by atoms with van der Waals surface area (Å²) < 4.78 is 10.8. The summed E-state index contributed by atoms with van der Waals surface area (Å²) in [4.78, 5) is 8.33. The topological polar surface area (TPSA) is 93.6 Å². The Bertz CT molecular complexity index is 778. The number of aromatic nitrogens is 5. The van der Waals surface area contributed by atoms with Crippen molar-refractivity contribution in [1.29, 1.82) is 0 Å². The van der Waals surface area contributed by atoms with Gasteiger partial charge in [0.05, 0.1) is 10.6 Å². The molecule has 1 N–H and O–H groups in total. The van der Waals surface area contributed by atoms with Gasteiger partial charge in [-0.3, -0.25) is 0 Å². The van der Waals surface area contributed by atoms with Gasteiger partial charge in [-0.1, -0.05) is 23.0 Å². The van der Waals surface area contributed by atoms with Crippen LogP contribution >= 0.6 is 23.1 Å². The average Bonchev–Trinajstić information content (AvgIpc) is 3.33. The van der Waals surface area contributed by atoms with E-state index in [9.17, 15) is 0 Å². The van der Waals surface area contributed by atoms with E-state index in [4.69, 9.17) is 8.94 Å². The number of thioether (sulfide) groups is 1. The SMILES string of the molecule is c1c[nH]c(-c2nnc(SCc3nc(-c4cccs4)no3)o2)c1. The summed E-state index contributed by atoms with van der Waals surface area (Å²) in [6, 6.07) is 7.64. The summed E-state index contributed by atoms with van der Waals surface area (Å²) in [7, 11) is 0. The first-order valence-corrected chi connectivity index (χ1v) is 8.21. The lowest BCUT2D eigenvalue weighted by Crippen LogP contribution is -1.81. The summed E-state index contributed by atoms with van der Waals surface area (Å²) in [6.07, 6.45) is 1.80. The maximum atomic E-state index is 5.55. The maximum absolute atomic E-state index is 5.55. The molecule has 0 radical (unpaired) electrons. The van der Waals surface area contributed by atoms with Crippen LogP contribution < -0.4 is 0 Å². The van der Waals surface area contributed by atoms with Crippen LogP contribution in [0.1, 0.15) is 5.89 Å². The zero-order valence-corrected chi connectivity index (χ0v) is 12.7. The Hall–Kier alpha value is -2.39. The highest BCUT2D eigenvalue weighted by atomic mass is 32.2. The van der Waals surface area contributed by atoms with E-state index in [2.05, 4.69) is 25.3 Å². The number of thiophene rings is 1. The molecule has 0 aliphatic heterocycles. The predicted molar refractivity (Wildman–Crippen MR) is 81.3 cm³/mol. The molecule has 4 heterocycles. The van der Waals surface area contributed by atoms with Gasteiger partial charge < -0.3 is 13.9 Å². The Morgan fingerprint density at radius 2 is 2.23 bits per heavy atom. The Morgan fingerprint density at radius 3 is 3.05 bits per heavy atom. The number of H-pyrrole nitrogens is 1. The van der Waals surface area contributed by atoms with E-state index in [0.29, 0.717) is 28.6 Å². The van der Waals surface area contributed by atoms with Crippen LogP contribution in [0.5, 0.6) is 0 Å². The Morgan fingerprint density at radius 1 is 1.23 bits per heavy atom. The minimum Gasteiger partial charge on any atom is -0.410 e. The molecule has 0 spiro atoms. The predicted octanol–water partition coefficient (Wildman–Crippen LogP) is 3.47. The fraction of sp³-hybridized carbons (Fsp3) is 0.0769. The van der Waals surface area contributed by atoms with E-state index in [1.165, 1.54) is 11.8 Å². The van der Waals surface area contributed by atoms with Crippen LogP contribution in [-0.2, 0) is 5.75 Å². The number of aromatic amines is 1. The molecule has 0 saturated heterocycles. The molecule has 0 aliphatic carbocycles. The number of hydrogen-bond donors (Lipinski definition) is 1. The number of nitrogens with one attached hydrogen (secondary N) is 1. The van der Waals surface area contributed by atoms with E-state index >= 15 is 0 Å². The van der Waals surface area contributed by atoms with Crippen molar-refractivity contribution in [2.75, 3.05) is 0 Å². The number of hydrogen-bond acceptors (Lipinski definition) is 8. The van der Waals surface area contributed by atoms with E-state index in [1.54, 1.807) is 17.5 Å². The van der Waals surface area contributed by atoms with Crippen LogP contribution in [0.3, 0.4) is 0 Å². The van der Waals surface area contributed by atoms with Gasteiger partial charge in [0, 0.05) is 6.20 Å². The number of rotatable bonds is 5. The Kier molecular flexibility index (Phi) is 3.49. The molecule has 4 rings (SSSR count). The molecule has 0 aliphatic rings. The van der Waals surface area contributed by atoms with Gasteiger partial charge >= 0.3 is 0 Å². The van der Waals surface area contributed by atoms with Crippen LogP contribution in [0, 0.1) is 0 Å². The molecule has 0 unspecified atom stereocenters. The zero-order chi connectivity index (χ0) is 14.8. The molecule has 4 aromatic rings. The van der Waals surface area contributed by atoms with Crippen molar-refractivity contribution in [2.45, 2.75) is 11.0 Å². The molecule has 0 saturated carbocycles. The Labute approximate surface area is 132 Å². The Balaban J connectivity index is 1.43. The lowest BCUT2D eigenvalue weighted by Gasteiger charge is -1.90. The third kappa shape index (κ3) is 2.68. The van der Waals surface area contributed by atoms with Gasteiger partial charge in [-0.05, 0) is 23.6 Å². The second-order valence-electron chi connectivity index (χ2n) is 4.23. The molecule has 0 amide bonds. The molecule has 0 bridgehead atoms. The van der Waals surface area contributed by atoms with Crippen LogP contribution in [0.4, 0.5) is 0 Å². The van der Waals surface area contributed by atoms with Gasteiger partial charge in [0.15, 0.2) is 0 Å². The lowest BCUT2D eigenvalue weighted by atomic mass is 10.4. The molecule has 0 atom stereocenters. The first-order valence-electron chi connectivity index (χ1n) is 6.35. The van der Waals surface area contributed by atoms with E-state index in [1.807, 2.05) is 29.6 Å². The fourth-order valence-corrected chi connectivity index (χ4v) is 3.03. The van der Waals surface area contributed by atoms with Crippen molar-refractivity contribution in [3.8, 4) is 22.3 Å². The summed E-state index contributed by atoms with van der Waals surface area (Å²) >= 11 is 2.92. The highest BCUT2D eigenvalue weighted by Gasteiger charge is 2.13. The molecular weight excluding hydrogens is 322 g/mol. The summed E-state index contributed by atoms with van der Waals surface area (Å²) in [5, 5.41) is 14.4. The van der Waals surface area contributed by atoms with Gasteiger partial charge in [-0.15, -0.1) is 21.5 Å². The van der Waals surface area contributed by atoms with Crippen molar-refractivity contribution in [2.24, 2.45) is 0 Å². The average molecular weight is 331 g/mol. The largest absolute Gasteiger partial charge is 0.410 e. The van der Waals surface area contributed by atoms with Crippen LogP contribution in [0.25, 0.3) is 22.3 Å². The third-order valence-corrected chi connectivity index (χ3v) is 4.43. The molecule has 0 fully saturated rings. The lowest BCUT2D eigenvalue weighted by molar-refractivity contribution is 0.391. The molecule has 0 aromatic carbocycles. The minimum atomic E-state index is 0.456. The maximum Gasteiger partial charge on any atom is 0.277 e. The van der Waals surface area contributed by atoms with Gasteiger partial charge in [-0.2, -0.15) is 4.98 Å². The second-order valence-corrected chi connectivity index (χ2v) is 6.11. The van der Waals surface area contributed by atoms with E-state index < -0.39 is 0 Å².